The summed E-state index contributed by atoms with van der Waals surface area (Å²) in [5, 5.41) is 12.3. The van der Waals surface area contributed by atoms with Crippen molar-refractivity contribution in [3.8, 4) is 5.69 Å². The molecule has 2 aromatic heterocycles. The molecule has 0 unspecified atom stereocenters. The van der Waals surface area contributed by atoms with Crippen molar-refractivity contribution in [3.63, 3.8) is 0 Å². The molecule has 0 atom stereocenters. The number of fused-ring (bicyclic) bond motifs is 1. The summed E-state index contributed by atoms with van der Waals surface area (Å²) in [5.74, 6) is 0.551. The molecule has 0 aliphatic heterocycles. The van der Waals surface area contributed by atoms with Crippen molar-refractivity contribution in [2.45, 2.75) is 50.9 Å². The van der Waals surface area contributed by atoms with E-state index in [2.05, 4.69) is 13.8 Å². The van der Waals surface area contributed by atoms with Gasteiger partial charge in [-0.15, -0.1) is 11.3 Å². The number of non-ortho nitro benzene ring substituents is 1. The molecule has 0 radical (unpaired) electrons. The lowest BCUT2D eigenvalue weighted by Crippen LogP contribution is -2.21. The molecule has 33 heavy (non-hydrogen) atoms. The highest BCUT2D eigenvalue weighted by Crippen LogP contribution is 2.32. The Kier molecular flexibility index (Phi) is 6.95. The van der Waals surface area contributed by atoms with E-state index < -0.39 is 4.92 Å². The average molecular weight is 480 g/mol. The van der Waals surface area contributed by atoms with Crippen LogP contribution in [0.1, 0.15) is 41.8 Å². The summed E-state index contributed by atoms with van der Waals surface area (Å²) in [4.78, 5) is 31.1. The number of thiophene rings is 1. The van der Waals surface area contributed by atoms with Crippen LogP contribution < -0.4 is 5.56 Å². The van der Waals surface area contributed by atoms with E-state index in [1.807, 2.05) is 31.2 Å². The molecular weight excluding hydrogens is 454 g/mol. The van der Waals surface area contributed by atoms with Crippen molar-refractivity contribution in [2.24, 2.45) is 0 Å². The first-order valence-corrected chi connectivity index (χ1v) is 12.7. The summed E-state index contributed by atoms with van der Waals surface area (Å²) in [7, 11) is 0. The van der Waals surface area contributed by atoms with Gasteiger partial charge in [-0.25, -0.2) is 4.98 Å². The summed E-state index contributed by atoms with van der Waals surface area (Å²) in [6, 6.07) is 14.5. The van der Waals surface area contributed by atoms with Gasteiger partial charge in [0, 0.05) is 22.8 Å². The molecule has 0 saturated carbocycles. The lowest BCUT2D eigenvalue weighted by molar-refractivity contribution is -0.384. The highest BCUT2D eigenvalue weighted by Gasteiger charge is 2.19. The van der Waals surface area contributed by atoms with Crippen LogP contribution in [0.3, 0.4) is 0 Å². The SMILES string of the molecule is CCCc1sc2nc(SCc3ccc([N+](=O)[O-])cc3)n(-c3ccc(CC)cc3)c(=O)c2c1C. The molecule has 170 valence electrons. The summed E-state index contributed by atoms with van der Waals surface area (Å²) >= 11 is 3.07. The van der Waals surface area contributed by atoms with E-state index in [9.17, 15) is 14.9 Å². The van der Waals surface area contributed by atoms with Crippen molar-refractivity contribution < 1.29 is 4.92 Å². The van der Waals surface area contributed by atoms with Crippen LogP contribution >= 0.6 is 23.1 Å². The molecule has 0 fully saturated rings. The molecule has 0 spiro atoms. The summed E-state index contributed by atoms with van der Waals surface area (Å²) < 4.78 is 1.70. The van der Waals surface area contributed by atoms with Crippen LogP contribution in [0.4, 0.5) is 5.69 Å². The highest BCUT2D eigenvalue weighted by atomic mass is 32.2. The van der Waals surface area contributed by atoms with Gasteiger partial charge in [0.15, 0.2) is 5.16 Å². The van der Waals surface area contributed by atoms with E-state index in [1.54, 1.807) is 28.0 Å². The van der Waals surface area contributed by atoms with Gasteiger partial charge in [0.1, 0.15) is 4.83 Å². The van der Waals surface area contributed by atoms with Crippen LogP contribution in [-0.4, -0.2) is 14.5 Å². The first-order chi connectivity index (χ1) is 15.9. The van der Waals surface area contributed by atoms with Gasteiger partial charge in [-0.3, -0.25) is 19.5 Å². The minimum Gasteiger partial charge on any atom is -0.268 e. The molecule has 0 aliphatic carbocycles. The number of thioether (sulfide) groups is 1. The molecule has 4 rings (SSSR count). The molecule has 0 aliphatic rings. The molecule has 2 heterocycles. The van der Waals surface area contributed by atoms with Crippen LogP contribution in [0.5, 0.6) is 0 Å². The van der Waals surface area contributed by atoms with E-state index in [0.29, 0.717) is 16.3 Å². The Hall–Kier alpha value is -2.97. The first kappa shape index (κ1) is 23.2. The Balaban J connectivity index is 1.80. The van der Waals surface area contributed by atoms with Crippen LogP contribution in [-0.2, 0) is 18.6 Å². The van der Waals surface area contributed by atoms with Crippen LogP contribution in [0.25, 0.3) is 15.9 Å². The second-order valence-corrected chi connectivity index (χ2v) is 9.87. The van der Waals surface area contributed by atoms with Gasteiger partial charge in [-0.2, -0.15) is 0 Å². The predicted molar refractivity (Wildman–Crippen MR) is 136 cm³/mol. The second kappa shape index (κ2) is 9.89. The number of hydrogen-bond donors (Lipinski definition) is 0. The predicted octanol–water partition coefficient (Wildman–Crippen LogP) is 6.47. The number of nitrogens with zero attached hydrogens (tertiary/aromatic N) is 3. The third-order valence-electron chi connectivity index (χ3n) is 5.63. The fourth-order valence-electron chi connectivity index (χ4n) is 3.74. The van der Waals surface area contributed by atoms with E-state index in [-0.39, 0.29) is 11.2 Å². The average Bonchev–Trinajstić information content (AvgIpc) is 3.13. The van der Waals surface area contributed by atoms with Gasteiger partial charge in [0.2, 0.25) is 0 Å². The molecular formula is C25H25N3O3S2. The molecule has 0 amide bonds. The monoisotopic (exact) mass is 479 g/mol. The van der Waals surface area contributed by atoms with Crippen molar-refractivity contribution in [1.82, 2.24) is 9.55 Å². The third-order valence-corrected chi connectivity index (χ3v) is 7.88. The number of nitro groups is 1. The van der Waals surface area contributed by atoms with Crippen molar-refractivity contribution in [2.75, 3.05) is 0 Å². The fourth-order valence-corrected chi connectivity index (χ4v) is 6.03. The van der Waals surface area contributed by atoms with Crippen LogP contribution in [0.15, 0.2) is 58.5 Å². The maximum Gasteiger partial charge on any atom is 0.269 e. The van der Waals surface area contributed by atoms with Crippen molar-refractivity contribution in [3.05, 3.63) is 90.6 Å². The minimum atomic E-state index is -0.406. The Labute approximate surface area is 200 Å². The lowest BCUT2D eigenvalue weighted by atomic mass is 10.1. The Morgan fingerprint density at radius 1 is 1.06 bits per heavy atom. The summed E-state index contributed by atoms with van der Waals surface area (Å²) in [5.41, 5.74) is 3.97. The summed E-state index contributed by atoms with van der Waals surface area (Å²) in [6.45, 7) is 6.25. The number of nitro benzene ring substituents is 1. The standard InChI is InChI=1S/C25H25N3O3S2/c1-4-6-21-16(3)22-23(33-21)26-25(32-15-18-9-13-20(14-10-18)28(30)31)27(24(22)29)19-11-7-17(5-2)8-12-19/h7-14H,4-6,15H2,1-3H3. The van der Waals surface area contributed by atoms with Gasteiger partial charge in [-0.05, 0) is 48.6 Å². The van der Waals surface area contributed by atoms with E-state index in [4.69, 9.17) is 4.98 Å². The largest absolute Gasteiger partial charge is 0.269 e. The zero-order valence-corrected chi connectivity index (χ0v) is 20.5. The third kappa shape index (κ3) is 4.72. The van der Waals surface area contributed by atoms with Crippen LogP contribution in [0.2, 0.25) is 0 Å². The van der Waals surface area contributed by atoms with E-state index >= 15 is 0 Å². The number of rotatable bonds is 8. The second-order valence-electron chi connectivity index (χ2n) is 7.85. The van der Waals surface area contributed by atoms with Crippen molar-refractivity contribution >= 4 is 39.0 Å². The quantitative estimate of drug-likeness (QED) is 0.125. The fraction of sp³-hybridized carbons (Fsp3) is 0.280. The van der Waals surface area contributed by atoms with Gasteiger partial charge < -0.3 is 0 Å². The normalized spacial score (nSPS) is 11.2. The molecule has 0 N–H and O–H groups in total. The lowest BCUT2D eigenvalue weighted by Gasteiger charge is -2.13. The maximum atomic E-state index is 13.7. The number of benzene rings is 2. The molecule has 6 nitrogen and oxygen atoms in total. The molecule has 4 aromatic rings. The van der Waals surface area contributed by atoms with Gasteiger partial charge in [0.05, 0.1) is 16.0 Å². The van der Waals surface area contributed by atoms with Gasteiger partial charge in [-0.1, -0.05) is 56.3 Å². The Morgan fingerprint density at radius 3 is 2.33 bits per heavy atom. The minimum absolute atomic E-state index is 0.0495. The van der Waals surface area contributed by atoms with Gasteiger partial charge in [0.25, 0.3) is 11.2 Å². The Bertz CT molecular complexity index is 1360. The van der Waals surface area contributed by atoms with E-state index in [0.717, 1.165) is 40.9 Å². The zero-order chi connectivity index (χ0) is 23.5. The summed E-state index contributed by atoms with van der Waals surface area (Å²) in [6.07, 6.45) is 2.88. The van der Waals surface area contributed by atoms with E-state index in [1.165, 1.54) is 34.3 Å². The number of aromatic nitrogens is 2. The van der Waals surface area contributed by atoms with Crippen LogP contribution in [0, 0.1) is 17.0 Å². The molecule has 8 heteroatoms. The molecule has 0 saturated heterocycles. The number of hydrogen-bond acceptors (Lipinski definition) is 6. The number of aryl methyl sites for hydroxylation is 3. The smallest absolute Gasteiger partial charge is 0.268 e. The highest BCUT2D eigenvalue weighted by molar-refractivity contribution is 7.98. The van der Waals surface area contributed by atoms with Gasteiger partial charge >= 0.3 is 0 Å². The first-order valence-electron chi connectivity index (χ1n) is 10.9. The van der Waals surface area contributed by atoms with Crippen molar-refractivity contribution in [1.29, 1.82) is 0 Å². The Morgan fingerprint density at radius 2 is 1.73 bits per heavy atom. The maximum absolute atomic E-state index is 13.7. The molecule has 2 aromatic carbocycles. The topological polar surface area (TPSA) is 78.0 Å². The zero-order valence-electron chi connectivity index (χ0n) is 18.8. The molecule has 0 bridgehead atoms.